The van der Waals surface area contributed by atoms with Crippen molar-refractivity contribution in [1.82, 2.24) is 0 Å². The number of benzene rings is 3. The molecule has 0 aliphatic heterocycles. The van der Waals surface area contributed by atoms with Crippen LogP contribution in [0.15, 0.2) is 72.8 Å². The van der Waals surface area contributed by atoms with Gasteiger partial charge in [0.1, 0.15) is 0 Å². The minimum Gasteiger partial charge on any atom is -0.192 e. The molecule has 0 aliphatic carbocycles. The van der Waals surface area contributed by atoms with Gasteiger partial charge in [-0.15, -0.1) is 0 Å². The molecule has 3 aromatic carbocycles. The molecule has 3 aromatic rings. The molecule has 0 unspecified atom stereocenters. The highest BCUT2D eigenvalue weighted by Gasteiger charge is 2.02. The zero-order chi connectivity index (χ0) is 21.0. The van der Waals surface area contributed by atoms with Gasteiger partial charge in [-0.1, -0.05) is 113 Å². The van der Waals surface area contributed by atoms with Crippen LogP contribution in [0.25, 0.3) is 22.3 Å². The van der Waals surface area contributed by atoms with Crippen LogP contribution in [0, 0.1) is 11.3 Å². The van der Waals surface area contributed by atoms with E-state index in [4.69, 9.17) is 5.26 Å². The predicted octanol–water partition coefficient (Wildman–Crippen LogP) is 8.58. The molecular formula is C29H33N. The quantitative estimate of drug-likeness (QED) is 0.298. The lowest BCUT2D eigenvalue weighted by Crippen LogP contribution is -1.87. The van der Waals surface area contributed by atoms with E-state index in [9.17, 15) is 0 Å². The van der Waals surface area contributed by atoms with Crippen LogP contribution < -0.4 is 0 Å². The third kappa shape index (κ3) is 6.60. The molecule has 0 aromatic heterocycles. The van der Waals surface area contributed by atoms with Gasteiger partial charge in [-0.05, 0) is 52.8 Å². The summed E-state index contributed by atoms with van der Waals surface area (Å²) in [5.74, 6) is 0. The second-order valence-electron chi connectivity index (χ2n) is 8.19. The second kappa shape index (κ2) is 12.0. The summed E-state index contributed by atoms with van der Waals surface area (Å²) in [4.78, 5) is 0. The fourth-order valence-corrected chi connectivity index (χ4v) is 3.92. The Morgan fingerprint density at radius 1 is 0.533 bits per heavy atom. The number of hydrogen-bond acceptors (Lipinski definition) is 1. The first-order valence-electron chi connectivity index (χ1n) is 11.5. The molecule has 0 fully saturated rings. The molecule has 0 radical (unpaired) electrons. The van der Waals surface area contributed by atoms with Crippen molar-refractivity contribution in [3.8, 4) is 28.3 Å². The molecule has 0 N–H and O–H groups in total. The van der Waals surface area contributed by atoms with Gasteiger partial charge >= 0.3 is 0 Å². The molecule has 0 saturated carbocycles. The Morgan fingerprint density at radius 2 is 0.933 bits per heavy atom. The zero-order valence-electron chi connectivity index (χ0n) is 18.2. The van der Waals surface area contributed by atoms with Gasteiger partial charge in [0, 0.05) is 0 Å². The normalized spacial score (nSPS) is 10.7. The minimum absolute atomic E-state index is 0.697. The maximum absolute atomic E-state index is 8.94. The third-order valence-corrected chi connectivity index (χ3v) is 5.84. The molecule has 0 amide bonds. The summed E-state index contributed by atoms with van der Waals surface area (Å²) in [6.45, 7) is 2.28. The topological polar surface area (TPSA) is 23.8 Å². The van der Waals surface area contributed by atoms with Gasteiger partial charge in [-0.25, -0.2) is 0 Å². The van der Waals surface area contributed by atoms with Crippen molar-refractivity contribution < 1.29 is 0 Å². The molecule has 0 aliphatic rings. The molecular weight excluding hydrogens is 362 g/mol. The number of unbranched alkanes of at least 4 members (excludes halogenated alkanes) is 7. The summed E-state index contributed by atoms with van der Waals surface area (Å²) in [7, 11) is 0. The van der Waals surface area contributed by atoms with E-state index in [1.54, 1.807) is 0 Å². The molecule has 30 heavy (non-hydrogen) atoms. The number of nitriles is 1. The Hall–Kier alpha value is -2.85. The zero-order valence-corrected chi connectivity index (χ0v) is 18.2. The first-order chi connectivity index (χ1) is 14.8. The highest BCUT2D eigenvalue weighted by Crippen LogP contribution is 2.25. The predicted molar refractivity (Wildman–Crippen MR) is 128 cm³/mol. The average molecular weight is 396 g/mol. The summed E-state index contributed by atoms with van der Waals surface area (Å²) in [6.07, 6.45) is 12.2. The molecule has 0 atom stereocenters. The summed E-state index contributed by atoms with van der Waals surface area (Å²) in [5.41, 5.74) is 6.96. The Labute approximate surface area is 182 Å². The molecule has 1 heteroatoms. The Morgan fingerprint density at radius 3 is 1.40 bits per heavy atom. The van der Waals surface area contributed by atoms with Crippen LogP contribution >= 0.6 is 0 Å². The monoisotopic (exact) mass is 395 g/mol. The number of nitrogens with zero attached hydrogens (tertiary/aromatic N) is 1. The maximum Gasteiger partial charge on any atom is 0.0991 e. The van der Waals surface area contributed by atoms with E-state index in [0.717, 1.165) is 5.56 Å². The van der Waals surface area contributed by atoms with E-state index in [-0.39, 0.29) is 0 Å². The minimum atomic E-state index is 0.697. The SMILES string of the molecule is CCCCCCCCCCc1ccc(-c2ccc(-c3ccc(C#N)cc3)cc2)cc1. The van der Waals surface area contributed by atoms with Gasteiger partial charge in [-0.3, -0.25) is 0 Å². The molecule has 154 valence electrons. The van der Waals surface area contributed by atoms with Crippen molar-refractivity contribution in [3.05, 3.63) is 83.9 Å². The molecule has 0 spiro atoms. The highest BCUT2D eigenvalue weighted by molar-refractivity contribution is 5.70. The standard InChI is InChI=1S/C29H33N/c1-2-3-4-5-6-7-8-9-10-24-11-15-26(16-12-24)28-19-21-29(22-20-28)27-17-13-25(23-30)14-18-27/h11-22H,2-10H2,1H3. The van der Waals surface area contributed by atoms with Crippen LogP contribution in [0.1, 0.15) is 69.4 Å². The van der Waals surface area contributed by atoms with E-state index >= 15 is 0 Å². The lowest BCUT2D eigenvalue weighted by molar-refractivity contribution is 0.575. The Bertz CT molecular complexity index is 912. The fraction of sp³-hybridized carbons (Fsp3) is 0.345. The van der Waals surface area contributed by atoms with Crippen LogP contribution in [0.4, 0.5) is 0 Å². The van der Waals surface area contributed by atoms with E-state index in [1.165, 1.54) is 80.0 Å². The summed E-state index contributed by atoms with van der Waals surface area (Å²) < 4.78 is 0. The van der Waals surface area contributed by atoms with E-state index in [2.05, 4.69) is 61.5 Å². The van der Waals surface area contributed by atoms with Gasteiger partial charge in [0.2, 0.25) is 0 Å². The van der Waals surface area contributed by atoms with Crippen LogP contribution in [0.3, 0.4) is 0 Å². The van der Waals surface area contributed by atoms with Crippen molar-refractivity contribution in [2.24, 2.45) is 0 Å². The number of rotatable bonds is 11. The Balaban J connectivity index is 1.48. The second-order valence-corrected chi connectivity index (χ2v) is 8.19. The van der Waals surface area contributed by atoms with Crippen molar-refractivity contribution in [1.29, 1.82) is 5.26 Å². The summed E-state index contributed by atoms with van der Waals surface area (Å²) >= 11 is 0. The lowest BCUT2D eigenvalue weighted by atomic mass is 9.98. The maximum atomic E-state index is 8.94. The largest absolute Gasteiger partial charge is 0.192 e. The third-order valence-electron chi connectivity index (χ3n) is 5.84. The van der Waals surface area contributed by atoms with Crippen molar-refractivity contribution >= 4 is 0 Å². The van der Waals surface area contributed by atoms with Gasteiger partial charge in [0.15, 0.2) is 0 Å². The fourth-order valence-electron chi connectivity index (χ4n) is 3.92. The first-order valence-corrected chi connectivity index (χ1v) is 11.5. The van der Waals surface area contributed by atoms with Crippen LogP contribution in [-0.4, -0.2) is 0 Å². The van der Waals surface area contributed by atoms with Crippen molar-refractivity contribution in [2.45, 2.75) is 64.7 Å². The Kier molecular flexibility index (Phi) is 8.73. The van der Waals surface area contributed by atoms with Crippen LogP contribution in [-0.2, 0) is 6.42 Å². The van der Waals surface area contributed by atoms with Gasteiger partial charge in [0.05, 0.1) is 11.6 Å². The van der Waals surface area contributed by atoms with Crippen LogP contribution in [0.2, 0.25) is 0 Å². The molecule has 0 heterocycles. The van der Waals surface area contributed by atoms with Crippen LogP contribution in [0.5, 0.6) is 0 Å². The number of aryl methyl sites for hydroxylation is 1. The summed E-state index contributed by atoms with van der Waals surface area (Å²) in [6, 6.07) is 27.7. The smallest absolute Gasteiger partial charge is 0.0991 e. The molecule has 1 nitrogen and oxygen atoms in total. The van der Waals surface area contributed by atoms with Crippen molar-refractivity contribution in [3.63, 3.8) is 0 Å². The van der Waals surface area contributed by atoms with Gasteiger partial charge in [-0.2, -0.15) is 5.26 Å². The van der Waals surface area contributed by atoms with E-state index in [1.807, 2.05) is 24.3 Å². The first kappa shape index (κ1) is 21.8. The van der Waals surface area contributed by atoms with E-state index in [0.29, 0.717) is 5.56 Å². The number of hydrogen-bond donors (Lipinski definition) is 0. The molecule has 0 saturated heterocycles. The molecule has 0 bridgehead atoms. The van der Waals surface area contributed by atoms with Gasteiger partial charge < -0.3 is 0 Å². The van der Waals surface area contributed by atoms with Gasteiger partial charge in [0.25, 0.3) is 0 Å². The lowest BCUT2D eigenvalue weighted by Gasteiger charge is -2.07. The molecule has 3 rings (SSSR count). The summed E-state index contributed by atoms with van der Waals surface area (Å²) in [5, 5.41) is 8.94. The highest BCUT2D eigenvalue weighted by atomic mass is 14.2. The van der Waals surface area contributed by atoms with Crippen molar-refractivity contribution in [2.75, 3.05) is 0 Å². The van der Waals surface area contributed by atoms with E-state index < -0.39 is 0 Å². The average Bonchev–Trinajstić information content (AvgIpc) is 2.81.